The van der Waals surface area contributed by atoms with Crippen molar-refractivity contribution in [3.63, 3.8) is 0 Å². The van der Waals surface area contributed by atoms with Gasteiger partial charge in [0, 0.05) is 41.9 Å². The molecule has 5 nitrogen and oxygen atoms in total. The van der Waals surface area contributed by atoms with Crippen LogP contribution in [-0.2, 0) is 10.3 Å². The fraction of sp³-hybridized carbons (Fsp3) is 0.391. The van der Waals surface area contributed by atoms with E-state index in [-0.39, 0.29) is 28.9 Å². The summed E-state index contributed by atoms with van der Waals surface area (Å²) in [5, 5.41) is 5.27. The molecule has 0 saturated carbocycles. The minimum absolute atomic E-state index is 0.0547. The number of amidine groups is 1. The number of benzene rings is 4. The Bertz CT molecular complexity index is 2030. The molecule has 0 bridgehead atoms. The van der Waals surface area contributed by atoms with Crippen molar-refractivity contribution in [3.8, 4) is 0 Å². The van der Waals surface area contributed by atoms with Gasteiger partial charge in [-0.3, -0.25) is 4.79 Å². The number of thioether (sulfide) groups is 1. The number of halogens is 2. The number of anilines is 1. The molecule has 0 fully saturated rings. The number of unbranched alkanes of at least 4 members (excludes halogenated alkanes) is 1. The quantitative estimate of drug-likeness (QED) is 0.0996. The van der Waals surface area contributed by atoms with Gasteiger partial charge in [-0.15, -0.1) is 0 Å². The van der Waals surface area contributed by atoms with E-state index < -0.39 is 14.3 Å². The lowest BCUT2D eigenvalue weighted by Gasteiger charge is -2.37. The number of carbonyl (C=O) groups is 1. The summed E-state index contributed by atoms with van der Waals surface area (Å²) in [5.41, 5.74) is 3.90. The zero-order chi connectivity index (χ0) is 39.7. The van der Waals surface area contributed by atoms with Gasteiger partial charge in [-0.05, 0) is 132 Å². The standard InChI is InChI=1S/C46H55Cl2N4OSSi/c1-31(2)40-41(54-44-49-46(8,34-23-27-36(48)28-24-34)42(52(40)44)33-21-25-35(47)26-22-33)43(53)51(32(3)4)30-16-15-29-50(9)38-19-13-14-20-39(38)55(45(5,6)7)37-17-11-10-12-18-37/h10-14,17-28,31-32,42H,15-16,29-30H2,1-9H3/q+1/t42-,46+/m1/s1. The molecular weight excluding hydrogens is 756 g/mol. The van der Waals surface area contributed by atoms with Crippen LogP contribution in [0.25, 0.3) is 0 Å². The molecule has 0 unspecified atom stereocenters. The maximum atomic E-state index is 14.7. The Labute approximate surface area is 345 Å². The molecule has 2 aliphatic rings. The van der Waals surface area contributed by atoms with E-state index in [2.05, 4.69) is 156 Å². The summed E-state index contributed by atoms with van der Waals surface area (Å²) in [7, 11) is 1.16. The number of hydrogen-bond acceptors (Lipinski definition) is 5. The molecule has 0 radical (unpaired) electrons. The van der Waals surface area contributed by atoms with E-state index in [0.29, 0.717) is 16.6 Å². The number of nitrogens with zero attached hydrogens (tertiary/aromatic N) is 4. The fourth-order valence-electron chi connectivity index (χ4n) is 8.16. The third kappa shape index (κ3) is 8.61. The fourth-order valence-corrected chi connectivity index (χ4v) is 13.1. The smallest absolute Gasteiger partial charge is 0.372 e. The second-order valence-corrected chi connectivity index (χ2v) is 21.8. The number of aliphatic imine (C=N–C) groups is 1. The van der Waals surface area contributed by atoms with Gasteiger partial charge in [-0.25, -0.2) is 4.99 Å². The molecule has 4 aromatic carbocycles. The van der Waals surface area contributed by atoms with Crippen LogP contribution in [0.1, 0.15) is 85.4 Å². The van der Waals surface area contributed by atoms with E-state index >= 15 is 0 Å². The molecule has 1 amide bonds. The van der Waals surface area contributed by atoms with Gasteiger partial charge in [0.2, 0.25) is 0 Å². The van der Waals surface area contributed by atoms with Crippen LogP contribution in [0.5, 0.6) is 0 Å². The SMILES string of the molecule is CC(C)C1=C(C(=O)N(CCCCN(C)c2ccccc2[Si+](c2ccccc2)C(C)(C)C)C(C)C)SC2=N[C@@](C)(c3ccc(Cl)cc3)[C@@H](c3ccc(Cl)cc3)N21. The molecular formula is C46H55Cl2N4OSSi+. The summed E-state index contributed by atoms with van der Waals surface area (Å²) >= 11 is 14.2. The molecule has 4 aromatic rings. The van der Waals surface area contributed by atoms with Gasteiger partial charge in [0.1, 0.15) is 20.8 Å². The molecule has 2 atom stereocenters. The molecule has 0 aromatic heterocycles. The Morgan fingerprint density at radius 3 is 2.04 bits per heavy atom. The molecule has 288 valence electrons. The summed E-state index contributed by atoms with van der Waals surface area (Å²) in [5.74, 6) is 0.183. The van der Waals surface area contributed by atoms with Gasteiger partial charge < -0.3 is 14.7 Å². The van der Waals surface area contributed by atoms with E-state index in [0.717, 1.165) is 46.3 Å². The molecule has 2 heterocycles. The largest absolute Gasteiger partial charge is 0.398 e. The van der Waals surface area contributed by atoms with E-state index in [4.69, 9.17) is 28.2 Å². The third-order valence-corrected chi connectivity index (χ3v) is 15.7. The van der Waals surface area contributed by atoms with Crippen LogP contribution in [-0.4, -0.2) is 55.9 Å². The van der Waals surface area contributed by atoms with Gasteiger partial charge in [0.25, 0.3) is 5.91 Å². The van der Waals surface area contributed by atoms with Crippen molar-refractivity contribution in [2.75, 3.05) is 25.0 Å². The van der Waals surface area contributed by atoms with Gasteiger partial charge in [-0.1, -0.05) is 91.6 Å². The Hall–Kier alpha value is -3.49. The first-order chi connectivity index (χ1) is 26.1. The van der Waals surface area contributed by atoms with Gasteiger partial charge in [-0.2, -0.15) is 0 Å². The zero-order valence-electron chi connectivity index (χ0n) is 33.7. The van der Waals surface area contributed by atoms with Gasteiger partial charge in [0.15, 0.2) is 5.17 Å². The normalized spacial score (nSPS) is 18.2. The van der Waals surface area contributed by atoms with Crippen LogP contribution in [0.4, 0.5) is 5.69 Å². The molecule has 55 heavy (non-hydrogen) atoms. The second kappa shape index (κ2) is 16.9. The average Bonchev–Trinajstić information content (AvgIpc) is 3.64. The minimum Gasteiger partial charge on any atom is -0.372 e. The highest BCUT2D eigenvalue weighted by Crippen LogP contribution is 2.56. The number of carbonyl (C=O) groups excluding carboxylic acids is 1. The van der Waals surface area contributed by atoms with Crippen molar-refractivity contribution in [2.45, 2.75) is 90.9 Å². The Morgan fingerprint density at radius 2 is 1.44 bits per heavy atom. The predicted molar refractivity (Wildman–Crippen MR) is 239 cm³/mol. The van der Waals surface area contributed by atoms with Crippen LogP contribution >= 0.6 is 35.0 Å². The average molecular weight is 811 g/mol. The first-order valence-corrected chi connectivity index (χ1v) is 22.6. The highest BCUT2D eigenvalue weighted by Gasteiger charge is 2.53. The van der Waals surface area contributed by atoms with Gasteiger partial charge >= 0.3 is 8.80 Å². The lowest BCUT2D eigenvalue weighted by atomic mass is 9.81. The maximum Gasteiger partial charge on any atom is 0.398 e. The van der Waals surface area contributed by atoms with Crippen molar-refractivity contribution >= 4 is 70.9 Å². The first kappa shape index (κ1) is 41.1. The van der Waals surface area contributed by atoms with Crippen molar-refractivity contribution in [1.82, 2.24) is 9.80 Å². The number of rotatable bonds is 13. The number of fused-ring (bicyclic) bond motifs is 1. The van der Waals surface area contributed by atoms with Crippen molar-refractivity contribution in [1.29, 1.82) is 0 Å². The molecule has 9 heteroatoms. The van der Waals surface area contributed by atoms with Crippen LogP contribution < -0.4 is 15.3 Å². The number of amides is 1. The molecule has 0 saturated heterocycles. The number of para-hydroxylation sites is 1. The van der Waals surface area contributed by atoms with Crippen molar-refractivity contribution < 1.29 is 4.79 Å². The number of hydrogen-bond donors (Lipinski definition) is 0. The van der Waals surface area contributed by atoms with Crippen LogP contribution in [0.2, 0.25) is 15.1 Å². The summed E-state index contributed by atoms with van der Waals surface area (Å²) in [4.78, 5) is 27.7. The van der Waals surface area contributed by atoms with Crippen molar-refractivity contribution in [2.24, 2.45) is 10.9 Å². The zero-order valence-corrected chi connectivity index (χ0v) is 37.1. The second-order valence-electron chi connectivity index (χ2n) is 16.6. The van der Waals surface area contributed by atoms with Crippen LogP contribution in [0.15, 0.2) is 119 Å². The number of allylic oxidation sites excluding steroid dienone is 1. The van der Waals surface area contributed by atoms with E-state index in [1.165, 1.54) is 27.8 Å². The predicted octanol–water partition coefficient (Wildman–Crippen LogP) is 10.8. The minimum atomic E-state index is -1.06. The third-order valence-electron chi connectivity index (χ3n) is 10.8. The summed E-state index contributed by atoms with van der Waals surface area (Å²) < 4.78 is 0. The monoisotopic (exact) mass is 809 g/mol. The van der Waals surface area contributed by atoms with Crippen LogP contribution in [0.3, 0.4) is 0 Å². The first-order valence-electron chi connectivity index (χ1n) is 19.5. The molecule has 6 rings (SSSR count). The highest BCUT2D eigenvalue weighted by atomic mass is 35.5. The van der Waals surface area contributed by atoms with E-state index in [1.54, 1.807) is 0 Å². The van der Waals surface area contributed by atoms with E-state index in [1.807, 2.05) is 24.3 Å². The van der Waals surface area contributed by atoms with Gasteiger partial charge in [0.05, 0.1) is 16.8 Å². The molecule has 2 aliphatic heterocycles. The maximum absolute atomic E-state index is 14.7. The summed E-state index contributed by atoms with van der Waals surface area (Å²) in [6, 6.07) is 35.9. The van der Waals surface area contributed by atoms with Crippen molar-refractivity contribution in [3.05, 3.63) is 135 Å². The lowest BCUT2D eigenvalue weighted by Crippen LogP contribution is -2.50. The Kier molecular flexibility index (Phi) is 12.7. The van der Waals surface area contributed by atoms with Crippen LogP contribution in [0, 0.1) is 5.92 Å². The molecule has 0 N–H and O–H groups in total. The summed E-state index contributed by atoms with van der Waals surface area (Å²) in [6.07, 6.45) is 1.89. The molecule has 0 aliphatic carbocycles. The molecule has 0 spiro atoms. The lowest BCUT2D eigenvalue weighted by molar-refractivity contribution is -0.128. The Balaban J connectivity index is 1.22. The van der Waals surface area contributed by atoms with E-state index in [9.17, 15) is 4.79 Å². The summed E-state index contributed by atoms with van der Waals surface area (Å²) in [6.45, 7) is 19.5. The topological polar surface area (TPSA) is 39.2 Å². The highest BCUT2D eigenvalue weighted by molar-refractivity contribution is 8.18. The Morgan fingerprint density at radius 1 is 0.855 bits per heavy atom.